The number of nitrogens with zero attached hydrogens (tertiary/aromatic N) is 2. The van der Waals surface area contributed by atoms with Crippen molar-refractivity contribution in [2.75, 3.05) is 39.5 Å². The smallest absolute Gasteiger partial charge is 0.364 e. The molecule has 1 aliphatic heterocycles. The number of morpholine rings is 1. The molecule has 0 atom stereocenters. The second kappa shape index (κ2) is 8.33. The molecule has 3 heterocycles. The maximum absolute atomic E-state index is 12.2. The van der Waals surface area contributed by atoms with Crippen LogP contribution < -0.4 is 10.4 Å². The molecule has 1 aliphatic rings. The van der Waals surface area contributed by atoms with Crippen LogP contribution in [0.1, 0.15) is 18.9 Å². The number of nitro groups is 1. The molecule has 2 N–H and O–H groups in total. The number of aromatic hydroxyl groups is 1. The molecule has 2 aromatic heterocycles. The van der Waals surface area contributed by atoms with Gasteiger partial charge in [-0.3, -0.25) is 4.90 Å². The summed E-state index contributed by atoms with van der Waals surface area (Å²) >= 11 is 0. The molecule has 0 amide bonds. The van der Waals surface area contributed by atoms with Crippen LogP contribution in [0, 0.1) is 10.1 Å². The number of H-pyrrole nitrogens is 1. The van der Waals surface area contributed by atoms with E-state index in [1.807, 2.05) is 6.92 Å². The zero-order chi connectivity index (χ0) is 21.3. The minimum atomic E-state index is -0.714. The van der Waals surface area contributed by atoms with E-state index in [9.17, 15) is 20.0 Å². The average Bonchev–Trinajstić information content (AvgIpc) is 3.05. The summed E-state index contributed by atoms with van der Waals surface area (Å²) in [6, 6.07) is 3.02. The summed E-state index contributed by atoms with van der Waals surface area (Å²) in [5, 5.41) is 22.3. The van der Waals surface area contributed by atoms with E-state index in [0.717, 1.165) is 25.1 Å². The molecule has 0 aliphatic carbocycles. The number of hydrogen-bond acceptors (Lipinski definition) is 8. The maximum Gasteiger partial charge on any atom is 0.364 e. The number of nitrogens with one attached hydrogen (secondary N) is 1. The van der Waals surface area contributed by atoms with Gasteiger partial charge in [-0.2, -0.15) is 0 Å². The zero-order valence-electron chi connectivity index (χ0n) is 16.6. The first kappa shape index (κ1) is 20.2. The highest BCUT2D eigenvalue weighted by atomic mass is 16.6. The monoisotopic (exact) mass is 417 g/mol. The van der Waals surface area contributed by atoms with Crippen molar-refractivity contribution in [1.82, 2.24) is 9.88 Å². The van der Waals surface area contributed by atoms with Crippen molar-refractivity contribution in [3.8, 4) is 11.5 Å². The molecule has 0 radical (unpaired) electrons. The fourth-order valence-electron chi connectivity index (χ4n) is 3.85. The number of aromatic nitrogens is 1. The first-order chi connectivity index (χ1) is 14.5. The van der Waals surface area contributed by atoms with Crippen LogP contribution in [0.2, 0.25) is 0 Å². The van der Waals surface area contributed by atoms with Gasteiger partial charge in [0.2, 0.25) is 5.75 Å². The van der Waals surface area contributed by atoms with Crippen molar-refractivity contribution in [2.45, 2.75) is 19.8 Å². The molecule has 160 valence electrons. The molecule has 1 fully saturated rings. The number of aryl methyl sites for hydroxylation is 1. The van der Waals surface area contributed by atoms with Gasteiger partial charge in [-0.25, -0.2) is 9.78 Å². The topological polar surface area (TPSA) is 131 Å². The average molecular weight is 417 g/mol. The van der Waals surface area contributed by atoms with E-state index >= 15 is 0 Å². The van der Waals surface area contributed by atoms with Gasteiger partial charge in [0.25, 0.3) is 0 Å². The number of rotatable bonds is 7. The summed E-state index contributed by atoms with van der Waals surface area (Å²) in [6.45, 7) is 6.10. The van der Waals surface area contributed by atoms with E-state index in [1.54, 1.807) is 6.07 Å². The van der Waals surface area contributed by atoms with E-state index in [0.29, 0.717) is 43.9 Å². The van der Waals surface area contributed by atoms with Gasteiger partial charge in [0.1, 0.15) is 23.3 Å². The Kier molecular flexibility index (Phi) is 5.60. The molecule has 1 aromatic carbocycles. The Morgan fingerprint density at radius 3 is 2.77 bits per heavy atom. The van der Waals surface area contributed by atoms with Crippen LogP contribution >= 0.6 is 0 Å². The lowest BCUT2D eigenvalue weighted by Gasteiger charge is -2.26. The predicted octanol–water partition coefficient (Wildman–Crippen LogP) is 2.55. The Morgan fingerprint density at radius 1 is 1.30 bits per heavy atom. The number of fused-ring (bicyclic) bond motifs is 3. The van der Waals surface area contributed by atoms with Crippen molar-refractivity contribution in [2.24, 2.45) is 0 Å². The van der Waals surface area contributed by atoms with Crippen molar-refractivity contribution < 1.29 is 23.9 Å². The van der Waals surface area contributed by atoms with Crippen molar-refractivity contribution in [3.05, 3.63) is 38.2 Å². The van der Waals surface area contributed by atoms with Gasteiger partial charge >= 0.3 is 11.4 Å². The molecule has 0 unspecified atom stereocenters. The first-order valence-corrected chi connectivity index (χ1v) is 9.91. The van der Waals surface area contributed by atoms with Gasteiger partial charge < -0.3 is 29.1 Å². The van der Waals surface area contributed by atoms with Crippen LogP contribution in [-0.2, 0) is 11.2 Å². The Bertz CT molecular complexity index is 1140. The Balaban J connectivity index is 1.82. The lowest BCUT2D eigenvalue weighted by molar-refractivity contribution is -0.389. The van der Waals surface area contributed by atoms with Gasteiger partial charge in [0.15, 0.2) is 5.58 Å². The highest BCUT2D eigenvalue weighted by Crippen LogP contribution is 2.43. The Hall–Kier alpha value is -3.11. The quantitative estimate of drug-likeness (QED) is 0.341. The summed E-state index contributed by atoms with van der Waals surface area (Å²) < 4.78 is 16.8. The zero-order valence-corrected chi connectivity index (χ0v) is 16.6. The lowest BCUT2D eigenvalue weighted by atomic mass is 10.0. The Morgan fingerprint density at radius 2 is 2.07 bits per heavy atom. The van der Waals surface area contributed by atoms with Gasteiger partial charge in [0.05, 0.1) is 18.6 Å². The van der Waals surface area contributed by atoms with E-state index in [2.05, 4.69) is 9.88 Å². The first-order valence-electron chi connectivity index (χ1n) is 9.91. The van der Waals surface area contributed by atoms with Crippen LogP contribution in [0.5, 0.6) is 11.5 Å². The van der Waals surface area contributed by atoms with Crippen LogP contribution in [-0.4, -0.2) is 59.4 Å². The molecular formula is C20H23N3O7. The van der Waals surface area contributed by atoms with Crippen molar-refractivity contribution in [3.63, 3.8) is 0 Å². The van der Waals surface area contributed by atoms with E-state index in [4.69, 9.17) is 13.9 Å². The highest BCUT2D eigenvalue weighted by Gasteiger charge is 2.26. The number of benzene rings is 1. The largest absolute Gasteiger partial charge is 0.500 e. The molecule has 10 nitrogen and oxygen atoms in total. The molecule has 30 heavy (non-hydrogen) atoms. The van der Waals surface area contributed by atoms with Crippen LogP contribution in [0.4, 0.5) is 5.82 Å². The summed E-state index contributed by atoms with van der Waals surface area (Å²) in [7, 11) is 0. The van der Waals surface area contributed by atoms with Crippen LogP contribution in [0.25, 0.3) is 21.9 Å². The predicted molar refractivity (Wildman–Crippen MR) is 109 cm³/mol. The minimum Gasteiger partial charge on any atom is -0.500 e. The summed E-state index contributed by atoms with van der Waals surface area (Å²) in [5.74, 6) is -0.661. The molecule has 3 aromatic rings. The van der Waals surface area contributed by atoms with E-state index < -0.39 is 22.1 Å². The van der Waals surface area contributed by atoms with E-state index in [1.165, 1.54) is 6.07 Å². The second-order valence-electron chi connectivity index (χ2n) is 7.22. The normalized spacial score (nSPS) is 15.1. The van der Waals surface area contributed by atoms with Gasteiger partial charge in [0, 0.05) is 31.8 Å². The molecule has 1 saturated heterocycles. The maximum atomic E-state index is 12.2. The third-order valence-electron chi connectivity index (χ3n) is 5.25. The standard InChI is InChI=1S/C20H23N3O7/c1-2-3-12-10-15(24)30-19-16(12)14(29-9-6-22-4-7-28-8-5-22)11-13-17(19)18(25)20(21-13)23(26)27/h10-11,21,25H,2-9H2,1H3. The minimum absolute atomic E-state index is 0.0895. The fourth-order valence-corrected chi connectivity index (χ4v) is 3.85. The third kappa shape index (κ3) is 3.71. The van der Waals surface area contributed by atoms with Crippen LogP contribution in [0.15, 0.2) is 21.3 Å². The number of ether oxygens (including phenoxy) is 2. The van der Waals surface area contributed by atoms with Gasteiger partial charge in [-0.1, -0.05) is 13.3 Å². The second-order valence-corrected chi connectivity index (χ2v) is 7.22. The van der Waals surface area contributed by atoms with Crippen molar-refractivity contribution in [1.29, 1.82) is 0 Å². The molecule has 0 bridgehead atoms. The number of aromatic amines is 1. The third-order valence-corrected chi connectivity index (χ3v) is 5.25. The summed E-state index contributed by atoms with van der Waals surface area (Å²) in [6.07, 6.45) is 1.38. The molecule has 0 spiro atoms. The SMILES string of the molecule is CCCc1cc(=O)oc2c1c(OCCN1CCOCC1)cc1[nH]c([N+](=O)[O-])c(O)c12. The molecular weight excluding hydrogens is 394 g/mol. The van der Waals surface area contributed by atoms with E-state index in [-0.39, 0.29) is 16.5 Å². The Labute approximate surface area is 171 Å². The molecule has 10 heteroatoms. The summed E-state index contributed by atoms with van der Waals surface area (Å²) in [4.78, 5) is 27.5. The molecule has 0 saturated carbocycles. The molecule has 4 rings (SSSR count). The number of hydrogen-bond donors (Lipinski definition) is 2. The highest BCUT2D eigenvalue weighted by molar-refractivity contribution is 6.11. The summed E-state index contributed by atoms with van der Waals surface area (Å²) in [5.41, 5.74) is 0.493. The van der Waals surface area contributed by atoms with Gasteiger partial charge in [-0.05, 0) is 16.9 Å². The van der Waals surface area contributed by atoms with Crippen molar-refractivity contribution >= 4 is 27.7 Å². The van der Waals surface area contributed by atoms with Crippen LogP contribution in [0.3, 0.4) is 0 Å². The lowest BCUT2D eigenvalue weighted by Crippen LogP contribution is -2.38. The van der Waals surface area contributed by atoms with Gasteiger partial charge in [-0.15, -0.1) is 0 Å². The fraction of sp³-hybridized carbons (Fsp3) is 0.450.